The summed E-state index contributed by atoms with van der Waals surface area (Å²) in [5.41, 5.74) is 2.20. The largest absolute Gasteiger partial charge is 0.493 e. The fourth-order valence-corrected chi connectivity index (χ4v) is 3.96. The van der Waals surface area contributed by atoms with Crippen molar-refractivity contribution in [1.29, 1.82) is 0 Å². The first-order chi connectivity index (χ1) is 15.3. The summed E-state index contributed by atoms with van der Waals surface area (Å²) in [6.45, 7) is 2.16. The predicted molar refractivity (Wildman–Crippen MR) is 120 cm³/mol. The normalized spacial score (nSPS) is 14.6. The molecule has 2 aromatic heterocycles. The monoisotopic (exact) mass is 412 g/mol. The molecule has 0 bridgehead atoms. The predicted octanol–water partition coefficient (Wildman–Crippen LogP) is 4.56. The lowest BCUT2D eigenvalue weighted by molar-refractivity contribution is 0.0656. The summed E-state index contributed by atoms with van der Waals surface area (Å²) >= 11 is 0. The molecule has 0 aliphatic carbocycles. The maximum atomic E-state index is 13.0. The minimum absolute atomic E-state index is 0.0155. The molecule has 6 nitrogen and oxygen atoms in total. The van der Waals surface area contributed by atoms with Crippen LogP contribution in [0.4, 0.5) is 0 Å². The Bertz CT molecular complexity index is 1170. The number of piperidine rings is 1. The number of benzene rings is 2. The van der Waals surface area contributed by atoms with Gasteiger partial charge in [-0.3, -0.25) is 4.79 Å². The first kappa shape index (κ1) is 19.3. The zero-order valence-corrected chi connectivity index (χ0v) is 17.2. The number of hydrogen-bond donors (Lipinski definition) is 1. The van der Waals surface area contributed by atoms with E-state index in [0.717, 1.165) is 42.6 Å². The van der Waals surface area contributed by atoms with E-state index in [-0.39, 0.29) is 5.91 Å². The number of ether oxygens (including phenoxy) is 1. The van der Waals surface area contributed by atoms with Gasteiger partial charge in [-0.1, -0.05) is 48.5 Å². The summed E-state index contributed by atoms with van der Waals surface area (Å²) in [4.78, 5) is 27.2. The highest BCUT2D eigenvalue weighted by Gasteiger charge is 2.25. The molecular weight excluding hydrogens is 388 g/mol. The molecule has 6 heteroatoms. The number of H-pyrrole nitrogens is 1. The summed E-state index contributed by atoms with van der Waals surface area (Å²) < 4.78 is 5.89. The molecule has 1 amide bonds. The van der Waals surface area contributed by atoms with Gasteiger partial charge in [0.2, 0.25) is 0 Å². The summed E-state index contributed by atoms with van der Waals surface area (Å²) in [7, 11) is 0. The molecule has 0 radical (unpaired) electrons. The molecule has 4 aromatic rings. The highest BCUT2D eigenvalue weighted by atomic mass is 16.5. The first-order valence-corrected chi connectivity index (χ1v) is 10.6. The molecule has 5 rings (SSSR count). The lowest BCUT2D eigenvalue weighted by Gasteiger charge is -2.31. The van der Waals surface area contributed by atoms with E-state index in [1.165, 1.54) is 0 Å². The molecule has 0 spiro atoms. The van der Waals surface area contributed by atoms with Crippen molar-refractivity contribution in [1.82, 2.24) is 19.9 Å². The van der Waals surface area contributed by atoms with Crippen LogP contribution in [0.5, 0.6) is 5.75 Å². The van der Waals surface area contributed by atoms with Crippen molar-refractivity contribution in [3.63, 3.8) is 0 Å². The number of likely N-dealkylation sites (tertiary alicyclic amines) is 1. The number of nitrogens with zero attached hydrogens (tertiary/aromatic N) is 3. The van der Waals surface area contributed by atoms with Crippen molar-refractivity contribution in [2.75, 3.05) is 19.7 Å². The van der Waals surface area contributed by atoms with Crippen LogP contribution in [0, 0.1) is 5.92 Å². The van der Waals surface area contributed by atoms with E-state index < -0.39 is 0 Å². The zero-order valence-electron chi connectivity index (χ0n) is 17.2. The Kier molecular flexibility index (Phi) is 5.35. The maximum absolute atomic E-state index is 13.0. The van der Waals surface area contributed by atoms with Gasteiger partial charge in [0.05, 0.1) is 6.61 Å². The minimum atomic E-state index is 0.0155. The topological polar surface area (TPSA) is 71.1 Å². The summed E-state index contributed by atoms with van der Waals surface area (Å²) in [6.07, 6.45) is 3.65. The summed E-state index contributed by atoms with van der Waals surface area (Å²) in [5, 5.41) is 0.842. The maximum Gasteiger partial charge on any atom is 0.270 e. The Hall–Kier alpha value is -3.67. The molecule has 1 fully saturated rings. The summed E-state index contributed by atoms with van der Waals surface area (Å²) in [6, 6.07) is 21.6. The number of nitrogens with one attached hydrogen (secondary N) is 1. The fourth-order valence-electron chi connectivity index (χ4n) is 3.96. The van der Waals surface area contributed by atoms with Crippen molar-refractivity contribution in [2.45, 2.75) is 12.8 Å². The van der Waals surface area contributed by atoms with Crippen LogP contribution in [0.3, 0.4) is 0 Å². The van der Waals surface area contributed by atoms with Gasteiger partial charge in [-0.15, -0.1) is 0 Å². The van der Waals surface area contributed by atoms with Crippen LogP contribution >= 0.6 is 0 Å². The zero-order chi connectivity index (χ0) is 21.0. The number of aromatic amines is 1. The van der Waals surface area contributed by atoms with Gasteiger partial charge in [0.15, 0.2) is 5.82 Å². The number of amides is 1. The number of aromatic nitrogens is 3. The molecular formula is C25H24N4O2. The quantitative estimate of drug-likeness (QED) is 0.522. The number of rotatable bonds is 5. The SMILES string of the molecule is O=C(c1cc2cnc(-c3ccccc3)nc2[nH]1)N1CCC(COc2ccccc2)CC1. The third kappa shape index (κ3) is 4.28. The van der Waals surface area contributed by atoms with Gasteiger partial charge in [-0.05, 0) is 37.0 Å². The van der Waals surface area contributed by atoms with E-state index >= 15 is 0 Å². The van der Waals surface area contributed by atoms with Gasteiger partial charge < -0.3 is 14.6 Å². The van der Waals surface area contributed by atoms with Gasteiger partial charge in [-0.2, -0.15) is 0 Å². The Labute approximate surface area is 180 Å². The number of fused-ring (bicyclic) bond motifs is 1. The van der Waals surface area contributed by atoms with Gasteiger partial charge in [0.25, 0.3) is 5.91 Å². The van der Waals surface area contributed by atoms with Crippen LogP contribution in [0.1, 0.15) is 23.3 Å². The minimum Gasteiger partial charge on any atom is -0.493 e. The molecule has 2 aromatic carbocycles. The third-order valence-corrected chi connectivity index (χ3v) is 5.76. The molecule has 1 aliphatic rings. The highest BCUT2D eigenvalue weighted by Crippen LogP contribution is 2.23. The second-order valence-corrected chi connectivity index (χ2v) is 7.91. The number of para-hydroxylation sites is 1. The van der Waals surface area contributed by atoms with E-state index in [4.69, 9.17) is 4.74 Å². The van der Waals surface area contributed by atoms with Crippen molar-refractivity contribution in [3.05, 3.63) is 78.6 Å². The molecule has 31 heavy (non-hydrogen) atoms. The Morgan fingerprint density at radius 2 is 1.74 bits per heavy atom. The molecule has 0 saturated carbocycles. The van der Waals surface area contributed by atoms with Gasteiger partial charge in [-0.25, -0.2) is 9.97 Å². The lowest BCUT2D eigenvalue weighted by atomic mass is 9.97. The molecule has 3 heterocycles. The average Bonchev–Trinajstić information content (AvgIpc) is 3.27. The van der Waals surface area contributed by atoms with Crippen LogP contribution in [0.15, 0.2) is 72.9 Å². The van der Waals surface area contributed by atoms with Gasteiger partial charge in [0, 0.05) is 30.2 Å². The van der Waals surface area contributed by atoms with Crippen LogP contribution < -0.4 is 4.74 Å². The lowest BCUT2D eigenvalue weighted by Crippen LogP contribution is -2.39. The average molecular weight is 412 g/mol. The van der Waals surface area contributed by atoms with Crippen LogP contribution in [0.25, 0.3) is 22.4 Å². The van der Waals surface area contributed by atoms with E-state index in [9.17, 15) is 4.79 Å². The van der Waals surface area contributed by atoms with Gasteiger partial charge >= 0.3 is 0 Å². The van der Waals surface area contributed by atoms with Gasteiger partial charge in [0.1, 0.15) is 17.1 Å². The first-order valence-electron chi connectivity index (χ1n) is 10.6. The van der Waals surface area contributed by atoms with E-state index in [2.05, 4.69) is 15.0 Å². The number of carbonyl (C=O) groups excluding carboxylic acids is 1. The van der Waals surface area contributed by atoms with E-state index in [1.54, 1.807) is 6.20 Å². The van der Waals surface area contributed by atoms with Crippen LogP contribution in [0.2, 0.25) is 0 Å². The molecule has 156 valence electrons. The molecule has 0 unspecified atom stereocenters. The second-order valence-electron chi connectivity index (χ2n) is 7.91. The molecule has 1 N–H and O–H groups in total. The Balaban J connectivity index is 1.22. The molecule has 0 atom stereocenters. The standard InChI is InChI=1S/C25H24N4O2/c30-25(29-13-11-18(12-14-29)17-31-21-9-5-2-6-10-21)22-15-20-16-26-23(28-24(20)27-22)19-7-3-1-4-8-19/h1-10,15-16,18H,11-14,17H2,(H,26,27,28). The Morgan fingerprint density at radius 3 is 2.48 bits per heavy atom. The van der Waals surface area contributed by atoms with E-state index in [1.807, 2.05) is 71.6 Å². The van der Waals surface area contributed by atoms with Crippen LogP contribution in [-0.4, -0.2) is 45.5 Å². The molecule has 1 aliphatic heterocycles. The smallest absolute Gasteiger partial charge is 0.270 e. The highest BCUT2D eigenvalue weighted by molar-refractivity contribution is 5.97. The van der Waals surface area contributed by atoms with Crippen molar-refractivity contribution >= 4 is 16.9 Å². The van der Waals surface area contributed by atoms with Crippen LogP contribution in [-0.2, 0) is 0 Å². The van der Waals surface area contributed by atoms with Crippen molar-refractivity contribution in [2.24, 2.45) is 5.92 Å². The number of carbonyl (C=O) groups is 1. The van der Waals surface area contributed by atoms with E-state index in [0.29, 0.717) is 29.7 Å². The molecule has 1 saturated heterocycles. The fraction of sp³-hybridized carbons (Fsp3) is 0.240. The summed E-state index contributed by atoms with van der Waals surface area (Å²) in [5.74, 6) is 2.02. The van der Waals surface area contributed by atoms with Crippen molar-refractivity contribution in [3.8, 4) is 17.1 Å². The third-order valence-electron chi connectivity index (χ3n) is 5.76. The Morgan fingerprint density at radius 1 is 1.03 bits per heavy atom. The second kappa shape index (κ2) is 8.60. The number of hydrogen-bond acceptors (Lipinski definition) is 4. The van der Waals surface area contributed by atoms with Crippen molar-refractivity contribution < 1.29 is 9.53 Å².